The van der Waals surface area contributed by atoms with E-state index in [1.165, 1.54) is 23.8 Å². The number of aromatic hydroxyl groups is 1. The lowest BCUT2D eigenvalue weighted by atomic mass is 10.1. The van der Waals surface area contributed by atoms with Crippen molar-refractivity contribution in [2.75, 3.05) is 5.73 Å². The number of anilines is 1. The molecule has 1 saturated carbocycles. The fraction of sp³-hybridized carbons (Fsp3) is 0.188. The number of carbonyl (C=O) groups is 1. The molecule has 0 saturated heterocycles. The molecule has 1 aliphatic rings. The lowest BCUT2D eigenvalue weighted by molar-refractivity contribution is 0.0951. The van der Waals surface area contributed by atoms with Crippen molar-refractivity contribution in [3.8, 4) is 5.75 Å². The number of nitrogens with one attached hydrogen (secondary N) is 1. The van der Waals surface area contributed by atoms with Crippen LogP contribution >= 0.6 is 0 Å². The van der Waals surface area contributed by atoms with Crippen molar-refractivity contribution in [3.63, 3.8) is 0 Å². The van der Waals surface area contributed by atoms with Crippen molar-refractivity contribution in [2.24, 2.45) is 0 Å². The number of nitrogen functional groups attached to an aromatic ring is 1. The normalized spacial score (nSPS) is 20.4. The van der Waals surface area contributed by atoms with Gasteiger partial charge in [-0.2, -0.15) is 0 Å². The molecule has 1 amide bonds. The van der Waals surface area contributed by atoms with E-state index in [-0.39, 0.29) is 17.7 Å². The van der Waals surface area contributed by atoms with Crippen LogP contribution in [0.15, 0.2) is 48.5 Å². The maximum absolute atomic E-state index is 12.1. The Kier molecular flexibility index (Phi) is 3.06. The zero-order chi connectivity index (χ0) is 14.1. The topological polar surface area (TPSA) is 75.3 Å². The molecule has 4 nitrogen and oxygen atoms in total. The van der Waals surface area contributed by atoms with E-state index >= 15 is 0 Å². The summed E-state index contributed by atoms with van der Waals surface area (Å²) in [4.78, 5) is 12.1. The van der Waals surface area contributed by atoms with Gasteiger partial charge in [-0.1, -0.05) is 30.3 Å². The largest absolute Gasteiger partial charge is 0.508 e. The molecule has 0 radical (unpaired) electrons. The van der Waals surface area contributed by atoms with Crippen molar-refractivity contribution in [1.82, 2.24) is 5.32 Å². The smallest absolute Gasteiger partial charge is 0.253 e. The molecule has 1 aliphatic carbocycles. The Labute approximate surface area is 117 Å². The van der Waals surface area contributed by atoms with Gasteiger partial charge in [0.15, 0.2) is 0 Å². The lowest BCUT2D eigenvalue weighted by Crippen LogP contribution is -2.27. The Morgan fingerprint density at radius 1 is 1.20 bits per heavy atom. The van der Waals surface area contributed by atoms with E-state index in [1.807, 2.05) is 18.2 Å². The van der Waals surface area contributed by atoms with Crippen molar-refractivity contribution in [2.45, 2.75) is 18.4 Å². The van der Waals surface area contributed by atoms with E-state index in [9.17, 15) is 9.90 Å². The van der Waals surface area contributed by atoms with E-state index in [0.717, 1.165) is 6.42 Å². The molecule has 1 fully saturated rings. The number of hydrogen-bond donors (Lipinski definition) is 3. The summed E-state index contributed by atoms with van der Waals surface area (Å²) in [5.74, 6) is 0.181. The van der Waals surface area contributed by atoms with Gasteiger partial charge in [-0.25, -0.2) is 0 Å². The van der Waals surface area contributed by atoms with E-state index in [2.05, 4.69) is 17.4 Å². The average Bonchev–Trinajstić information content (AvgIpc) is 3.21. The standard InChI is InChI=1S/C16H16N2O2/c17-14-7-6-11(19)8-13(14)16(20)18-15-9-12(15)10-4-2-1-3-5-10/h1-8,12,15,19H,9,17H2,(H,18,20). The summed E-state index contributed by atoms with van der Waals surface area (Å²) in [6, 6.07) is 14.7. The molecule has 2 aromatic rings. The molecule has 0 heterocycles. The predicted octanol–water partition coefficient (Wildman–Crippen LogP) is 2.26. The van der Waals surface area contributed by atoms with Gasteiger partial charge in [-0.15, -0.1) is 0 Å². The molecule has 4 N–H and O–H groups in total. The van der Waals surface area contributed by atoms with Gasteiger partial charge in [0.1, 0.15) is 5.75 Å². The fourth-order valence-electron chi connectivity index (χ4n) is 2.41. The summed E-state index contributed by atoms with van der Waals surface area (Å²) in [5.41, 5.74) is 7.69. The quantitative estimate of drug-likeness (QED) is 0.590. The van der Waals surface area contributed by atoms with Gasteiger partial charge in [-0.3, -0.25) is 4.79 Å². The van der Waals surface area contributed by atoms with Gasteiger partial charge in [0, 0.05) is 17.6 Å². The zero-order valence-electron chi connectivity index (χ0n) is 10.9. The van der Waals surface area contributed by atoms with Gasteiger partial charge in [0.2, 0.25) is 0 Å². The molecule has 4 heteroatoms. The Hall–Kier alpha value is -2.49. The summed E-state index contributed by atoms with van der Waals surface area (Å²) < 4.78 is 0. The Morgan fingerprint density at radius 2 is 1.95 bits per heavy atom. The third-order valence-corrected chi connectivity index (χ3v) is 3.62. The minimum Gasteiger partial charge on any atom is -0.508 e. The Bertz CT molecular complexity index is 640. The first-order valence-corrected chi connectivity index (χ1v) is 6.59. The first kappa shape index (κ1) is 12.5. The Balaban J connectivity index is 1.68. The first-order valence-electron chi connectivity index (χ1n) is 6.59. The van der Waals surface area contributed by atoms with E-state index in [4.69, 9.17) is 5.73 Å². The van der Waals surface area contributed by atoms with Crippen molar-refractivity contribution < 1.29 is 9.90 Å². The van der Waals surface area contributed by atoms with Gasteiger partial charge in [-0.05, 0) is 30.2 Å². The van der Waals surface area contributed by atoms with Crippen LogP contribution in [0.5, 0.6) is 5.75 Å². The second-order valence-corrected chi connectivity index (χ2v) is 5.10. The summed E-state index contributed by atoms with van der Waals surface area (Å²) >= 11 is 0. The molecule has 0 aliphatic heterocycles. The summed E-state index contributed by atoms with van der Waals surface area (Å²) in [7, 11) is 0. The van der Waals surface area contributed by atoms with Crippen LogP contribution in [-0.4, -0.2) is 17.1 Å². The molecule has 102 valence electrons. The van der Waals surface area contributed by atoms with Crippen molar-refractivity contribution >= 4 is 11.6 Å². The zero-order valence-corrected chi connectivity index (χ0v) is 10.9. The number of benzene rings is 2. The minimum atomic E-state index is -0.234. The monoisotopic (exact) mass is 268 g/mol. The van der Waals surface area contributed by atoms with E-state index in [1.54, 1.807) is 0 Å². The number of carbonyl (C=O) groups excluding carboxylic acids is 1. The van der Waals surface area contributed by atoms with Gasteiger partial charge >= 0.3 is 0 Å². The van der Waals surface area contributed by atoms with Gasteiger partial charge < -0.3 is 16.2 Å². The molecule has 2 aromatic carbocycles. The summed E-state index contributed by atoms with van der Waals surface area (Å²) in [6.07, 6.45) is 0.939. The second-order valence-electron chi connectivity index (χ2n) is 5.10. The number of phenolic OH excluding ortho intramolecular Hbond substituents is 1. The van der Waals surface area contributed by atoms with Crippen LogP contribution in [0, 0.1) is 0 Å². The molecule has 0 spiro atoms. The lowest BCUT2D eigenvalue weighted by Gasteiger charge is -2.08. The fourth-order valence-corrected chi connectivity index (χ4v) is 2.41. The first-order chi connectivity index (χ1) is 9.65. The number of rotatable bonds is 3. The van der Waals surface area contributed by atoms with Gasteiger partial charge in [0.05, 0.1) is 5.56 Å². The van der Waals surface area contributed by atoms with E-state index in [0.29, 0.717) is 17.2 Å². The SMILES string of the molecule is Nc1ccc(O)cc1C(=O)NC1CC1c1ccccc1. The van der Waals surface area contributed by atoms with Crippen LogP contribution in [0.25, 0.3) is 0 Å². The predicted molar refractivity (Wildman–Crippen MR) is 77.6 cm³/mol. The Morgan fingerprint density at radius 3 is 2.70 bits per heavy atom. The van der Waals surface area contributed by atoms with Crippen LogP contribution in [0.1, 0.15) is 28.3 Å². The molecular weight excluding hydrogens is 252 g/mol. The van der Waals surface area contributed by atoms with Crippen LogP contribution in [0.3, 0.4) is 0 Å². The van der Waals surface area contributed by atoms with Crippen LogP contribution in [0.4, 0.5) is 5.69 Å². The molecule has 20 heavy (non-hydrogen) atoms. The average molecular weight is 268 g/mol. The molecule has 2 unspecified atom stereocenters. The third-order valence-electron chi connectivity index (χ3n) is 3.62. The minimum absolute atomic E-state index is 0.0414. The molecule has 0 aromatic heterocycles. The molecule has 2 atom stereocenters. The number of phenols is 1. The molecule has 3 rings (SSSR count). The van der Waals surface area contributed by atoms with Gasteiger partial charge in [0.25, 0.3) is 5.91 Å². The molecular formula is C16H16N2O2. The summed E-state index contributed by atoms with van der Waals surface area (Å²) in [6.45, 7) is 0. The highest BCUT2D eigenvalue weighted by molar-refractivity contribution is 5.99. The maximum atomic E-state index is 12.1. The van der Waals surface area contributed by atoms with Crippen LogP contribution < -0.4 is 11.1 Å². The highest BCUT2D eigenvalue weighted by Crippen LogP contribution is 2.40. The number of hydrogen-bond acceptors (Lipinski definition) is 3. The van der Waals surface area contributed by atoms with Crippen molar-refractivity contribution in [3.05, 3.63) is 59.7 Å². The number of nitrogens with two attached hydrogens (primary N) is 1. The third kappa shape index (κ3) is 2.45. The molecule has 0 bridgehead atoms. The highest BCUT2D eigenvalue weighted by atomic mass is 16.3. The van der Waals surface area contributed by atoms with Crippen molar-refractivity contribution in [1.29, 1.82) is 0 Å². The highest BCUT2D eigenvalue weighted by Gasteiger charge is 2.39. The summed E-state index contributed by atoms with van der Waals surface area (Å²) in [5, 5.41) is 12.4. The van der Waals surface area contributed by atoms with Crippen LogP contribution in [0.2, 0.25) is 0 Å². The number of amides is 1. The maximum Gasteiger partial charge on any atom is 0.253 e. The van der Waals surface area contributed by atoms with E-state index < -0.39 is 0 Å². The second kappa shape index (κ2) is 4.89. The van der Waals surface area contributed by atoms with Crippen LogP contribution in [-0.2, 0) is 0 Å².